The predicted octanol–water partition coefficient (Wildman–Crippen LogP) is 3.49. The zero-order valence-corrected chi connectivity index (χ0v) is 19.6. The molecule has 0 aromatic heterocycles. The Bertz CT molecular complexity index is 1470. The van der Waals surface area contributed by atoms with E-state index in [9.17, 15) is 28.1 Å². The highest BCUT2D eigenvalue weighted by Crippen LogP contribution is 2.37. The van der Waals surface area contributed by atoms with Crippen molar-refractivity contribution < 1.29 is 22.9 Å². The number of imide groups is 1. The molecule has 2 amide bonds. The van der Waals surface area contributed by atoms with Gasteiger partial charge in [0, 0.05) is 18.7 Å². The maximum atomic E-state index is 13.9. The van der Waals surface area contributed by atoms with Crippen LogP contribution in [0.25, 0.3) is 0 Å². The number of aryl methyl sites for hydroxylation is 1. The van der Waals surface area contributed by atoms with Crippen molar-refractivity contribution in [2.24, 2.45) is 0 Å². The van der Waals surface area contributed by atoms with Crippen LogP contribution in [0.15, 0.2) is 71.6 Å². The number of carbonyl (C=O) groups is 2. The molecule has 1 atom stereocenters. The maximum Gasteiger partial charge on any atom is 0.270 e. The lowest BCUT2D eigenvalue weighted by Crippen LogP contribution is -2.46. The number of fused-ring (bicyclic) bond motifs is 2. The summed E-state index contributed by atoms with van der Waals surface area (Å²) in [7, 11) is -4.21. The smallest absolute Gasteiger partial charge is 0.270 e. The lowest BCUT2D eigenvalue weighted by molar-refractivity contribution is -0.385. The number of rotatable bonds is 5. The van der Waals surface area contributed by atoms with E-state index in [4.69, 9.17) is 0 Å². The second-order valence-corrected chi connectivity index (χ2v) is 10.4. The van der Waals surface area contributed by atoms with Gasteiger partial charge in [-0.05, 0) is 42.2 Å². The average molecular weight is 492 g/mol. The third-order valence-corrected chi connectivity index (χ3v) is 8.62. The number of nitrogens with zero attached hydrogens (tertiary/aromatic N) is 3. The highest BCUT2D eigenvalue weighted by molar-refractivity contribution is 7.89. The first-order valence-electron chi connectivity index (χ1n) is 11.0. The normalized spacial score (nSPS) is 17.9. The van der Waals surface area contributed by atoms with E-state index >= 15 is 0 Å². The molecule has 2 aliphatic heterocycles. The lowest BCUT2D eigenvalue weighted by Gasteiger charge is -2.38. The molecule has 0 spiro atoms. The lowest BCUT2D eigenvalue weighted by atomic mass is 9.94. The zero-order chi connectivity index (χ0) is 24.9. The van der Waals surface area contributed by atoms with Crippen molar-refractivity contribution in [3.05, 3.63) is 105 Å². The molecule has 2 heterocycles. The number of hydrogen-bond acceptors (Lipinski definition) is 6. The summed E-state index contributed by atoms with van der Waals surface area (Å²) < 4.78 is 29.0. The molecule has 0 saturated heterocycles. The van der Waals surface area contributed by atoms with Crippen LogP contribution in [0.4, 0.5) is 5.69 Å². The second-order valence-electron chi connectivity index (χ2n) is 8.55. The molecule has 10 heteroatoms. The van der Waals surface area contributed by atoms with Gasteiger partial charge < -0.3 is 0 Å². The molecule has 2 aliphatic rings. The van der Waals surface area contributed by atoms with Crippen molar-refractivity contribution in [1.82, 2.24) is 9.21 Å². The van der Waals surface area contributed by atoms with Crippen LogP contribution in [-0.4, -0.2) is 47.5 Å². The Labute approximate surface area is 201 Å². The van der Waals surface area contributed by atoms with Crippen LogP contribution in [0.3, 0.4) is 0 Å². The van der Waals surface area contributed by atoms with Gasteiger partial charge >= 0.3 is 0 Å². The Kier molecular flexibility index (Phi) is 5.49. The van der Waals surface area contributed by atoms with Crippen LogP contribution in [-0.2, 0) is 16.4 Å². The number of amides is 2. The maximum absolute atomic E-state index is 13.9. The molecule has 0 radical (unpaired) electrons. The van der Waals surface area contributed by atoms with Gasteiger partial charge in [-0.15, -0.1) is 0 Å². The number of sulfonamides is 1. The largest absolute Gasteiger partial charge is 0.272 e. The molecule has 9 nitrogen and oxygen atoms in total. The molecule has 0 bridgehead atoms. The summed E-state index contributed by atoms with van der Waals surface area (Å²) in [5.74, 6) is -0.949. The fourth-order valence-electron chi connectivity index (χ4n) is 4.79. The topological polar surface area (TPSA) is 118 Å². The number of nitro benzene ring substituents is 1. The molecule has 0 aliphatic carbocycles. The molecule has 35 heavy (non-hydrogen) atoms. The molecule has 178 valence electrons. The van der Waals surface area contributed by atoms with E-state index in [1.165, 1.54) is 16.4 Å². The molecular weight excluding hydrogens is 470 g/mol. The standard InChI is InChI=1S/C25H21N3O6S/c1-16-10-11-18(28(31)32)14-23(16)35(33,34)27-13-12-17-6-2-3-7-19(17)22(27)15-26-24(29)20-8-4-5-9-21(20)25(26)30/h2-11,14,22H,12-13,15H2,1H3/t22-/m0/s1. The zero-order valence-electron chi connectivity index (χ0n) is 18.7. The molecular formula is C25H21N3O6S. The van der Waals surface area contributed by atoms with Crippen molar-refractivity contribution in [1.29, 1.82) is 0 Å². The van der Waals surface area contributed by atoms with Gasteiger partial charge in [0.2, 0.25) is 10.0 Å². The first-order valence-corrected chi connectivity index (χ1v) is 12.4. The summed E-state index contributed by atoms with van der Waals surface area (Å²) in [6, 6.07) is 16.7. The number of nitro groups is 1. The van der Waals surface area contributed by atoms with Gasteiger partial charge in [-0.2, -0.15) is 4.31 Å². The van der Waals surface area contributed by atoms with Gasteiger partial charge in [-0.25, -0.2) is 8.42 Å². The molecule has 3 aromatic carbocycles. The van der Waals surface area contributed by atoms with Crippen molar-refractivity contribution in [2.45, 2.75) is 24.3 Å². The third-order valence-electron chi connectivity index (χ3n) is 6.57. The van der Waals surface area contributed by atoms with E-state index < -0.39 is 32.8 Å². The van der Waals surface area contributed by atoms with Crippen LogP contribution in [0.1, 0.15) is 43.4 Å². The van der Waals surface area contributed by atoms with Gasteiger partial charge in [-0.3, -0.25) is 24.6 Å². The quantitative estimate of drug-likeness (QED) is 0.306. The Morgan fingerprint density at radius 2 is 1.60 bits per heavy atom. The Hall–Kier alpha value is -3.89. The molecule has 0 saturated carbocycles. The predicted molar refractivity (Wildman–Crippen MR) is 126 cm³/mol. The van der Waals surface area contributed by atoms with E-state index in [0.717, 1.165) is 16.5 Å². The monoisotopic (exact) mass is 491 g/mol. The van der Waals surface area contributed by atoms with Crippen molar-refractivity contribution >= 4 is 27.5 Å². The Morgan fingerprint density at radius 1 is 0.971 bits per heavy atom. The van der Waals surface area contributed by atoms with Crippen LogP contribution < -0.4 is 0 Å². The van der Waals surface area contributed by atoms with Crippen LogP contribution >= 0.6 is 0 Å². The van der Waals surface area contributed by atoms with E-state index in [1.807, 2.05) is 12.1 Å². The molecule has 0 fully saturated rings. The minimum Gasteiger partial charge on any atom is -0.272 e. The first-order chi connectivity index (χ1) is 16.7. The first kappa shape index (κ1) is 22.9. The van der Waals surface area contributed by atoms with Gasteiger partial charge in [-0.1, -0.05) is 42.5 Å². The SMILES string of the molecule is Cc1ccc([N+](=O)[O-])cc1S(=O)(=O)N1CCc2ccccc2[C@@H]1CN1C(=O)c2ccccc2C1=O. The summed E-state index contributed by atoms with van der Waals surface area (Å²) in [5.41, 5.74) is 2.23. The van der Waals surface area contributed by atoms with Gasteiger partial charge in [0.1, 0.15) is 0 Å². The van der Waals surface area contributed by atoms with E-state index in [2.05, 4.69) is 0 Å². The number of hydrogen-bond donors (Lipinski definition) is 0. The highest BCUT2D eigenvalue weighted by Gasteiger charge is 2.43. The highest BCUT2D eigenvalue weighted by atomic mass is 32.2. The summed E-state index contributed by atoms with van der Waals surface area (Å²) in [4.78, 5) is 37.7. The summed E-state index contributed by atoms with van der Waals surface area (Å²) in [6.45, 7) is 1.51. The molecule has 3 aromatic rings. The number of non-ortho nitro benzene ring substituents is 1. The van der Waals surface area contributed by atoms with Crippen LogP contribution in [0.5, 0.6) is 0 Å². The third kappa shape index (κ3) is 3.71. The summed E-state index contributed by atoms with van der Waals surface area (Å²) >= 11 is 0. The van der Waals surface area contributed by atoms with Crippen molar-refractivity contribution in [3.63, 3.8) is 0 Å². The minimum absolute atomic E-state index is 0.106. The Balaban J connectivity index is 1.59. The van der Waals surface area contributed by atoms with Crippen LogP contribution in [0.2, 0.25) is 0 Å². The molecule has 5 rings (SSSR count). The summed E-state index contributed by atoms with van der Waals surface area (Å²) in [5, 5.41) is 11.3. The molecule has 0 unspecified atom stereocenters. The van der Waals surface area contributed by atoms with Crippen LogP contribution in [0, 0.1) is 17.0 Å². The van der Waals surface area contributed by atoms with E-state index in [-0.39, 0.29) is 34.8 Å². The minimum atomic E-state index is -4.21. The fraction of sp³-hybridized carbons (Fsp3) is 0.200. The van der Waals surface area contributed by atoms with E-state index in [0.29, 0.717) is 17.5 Å². The van der Waals surface area contributed by atoms with Gasteiger partial charge in [0.05, 0.1) is 33.5 Å². The van der Waals surface area contributed by atoms with Crippen molar-refractivity contribution in [3.8, 4) is 0 Å². The van der Waals surface area contributed by atoms with Gasteiger partial charge in [0.25, 0.3) is 17.5 Å². The number of benzene rings is 3. The number of carbonyl (C=O) groups excluding carboxylic acids is 2. The summed E-state index contributed by atoms with van der Waals surface area (Å²) in [6.07, 6.45) is 0.433. The van der Waals surface area contributed by atoms with E-state index in [1.54, 1.807) is 43.3 Å². The fourth-order valence-corrected chi connectivity index (χ4v) is 6.63. The van der Waals surface area contributed by atoms with Gasteiger partial charge in [0.15, 0.2) is 0 Å². The molecule has 0 N–H and O–H groups in total. The van der Waals surface area contributed by atoms with Crippen molar-refractivity contribution in [2.75, 3.05) is 13.1 Å². The Morgan fingerprint density at radius 3 is 2.26 bits per heavy atom. The average Bonchev–Trinajstić information content (AvgIpc) is 3.09. The second kappa shape index (κ2) is 8.40.